The number of rotatable bonds is 7. The first-order chi connectivity index (χ1) is 10.0. The molecule has 3 nitrogen and oxygen atoms in total. The molecule has 0 radical (unpaired) electrons. The summed E-state index contributed by atoms with van der Waals surface area (Å²) in [5.74, 6) is 1.25. The average Bonchev–Trinajstić information content (AvgIpc) is 2.79. The maximum absolute atomic E-state index is 4.76. The molecule has 2 rings (SSSR count). The highest BCUT2D eigenvalue weighted by Gasteiger charge is 2.23. The summed E-state index contributed by atoms with van der Waals surface area (Å²) in [6, 6.07) is 9.05. The van der Waals surface area contributed by atoms with Crippen LogP contribution in [0.4, 0.5) is 0 Å². The highest BCUT2D eigenvalue weighted by molar-refractivity contribution is 5.81. The van der Waals surface area contributed by atoms with E-state index in [1.807, 2.05) is 11.7 Å². The molecule has 1 aromatic carbocycles. The molecule has 0 saturated heterocycles. The normalized spacial score (nSPS) is 14.8. The number of aryl methyl sites for hydroxylation is 1. The molecule has 0 aliphatic rings. The predicted molar refractivity (Wildman–Crippen MR) is 90.5 cm³/mol. The number of aromatic nitrogens is 2. The third-order valence-electron chi connectivity index (χ3n) is 4.48. The van der Waals surface area contributed by atoms with Crippen molar-refractivity contribution in [2.75, 3.05) is 6.54 Å². The second-order valence-corrected chi connectivity index (χ2v) is 6.44. The van der Waals surface area contributed by atoms with Crippen molar-refractivity contribution in [3.8, 4) is 0 Å². The molecule has 0 aliphatic carbocycles. The van der Waals surface area contributed by atoms with Gasteiger partial charge >= 0.3 is 0 Å². The van der Waals surface area contributed by atoms with Gasteiger partial charge in [0.2, 0.25) is 0 Å². The Labute approximate surface area is 128 Å². The van der Waals surface area contributed by atoms with Crippen LogP contribution in [-0.4, -0.2) is 22.4 Å². The Morgan fingerprint density at radius 2 is 1.90 bits per heavy atom. The number of nitrogens with one attached hydrogen (secondary N) is 1. The first-order valence-electron chi connectivity index (χ1n) is 8.18. The van der Waals surface area contributed by atoms with E-state index >= 15 is 0 Å². The molecule has 116 valence electrons. The Morgan fingerprint density at radius 1 is 1.19 bits per heavy atom. The van der Waals surface area contributed by atoms with Gasteiger partial charge in [-0.15, -0.1) is 0 Å². The zero-order valence-electron chi connectivity index (χ0n) is 14.1. The van der Waals surface area contributed by atoms with E-state index in [-0.39, 0.29) is 0 Å². The predicted octanol–water partition coefficient (Wildman–Crippen LogP) is 3.78. The van der Waals surface area contributed by atoms with Gasteiger partial charge in [0.05, 0.1) is 11.2 Å². The smallest absolute Gasteiger partial charge is 0.0706 e. The van der Waals surface area contributed by atoms with Crippen molar-refractivity contribution in [2.24, 2.45) is 18.9 Å². The van der Waals surface area contributed by atoms with Crippen molar-refractivity contribution >= 4 is 10.9 Å². The fraction of sp³-hybridized carbons (Fsp3) is 0.611. The van der Waals surface area contributed by atoms with Gasteiger partial charge in [-0.05, 0) is 44.2 Å². The van der Waals surface area contributed by atoms with Crippen molar-refractivity contribution in [1.29, 1.82) is 0 Å². The van der Waals surface area contributed by atoms with Crippen LogP contribution in [0.25, 0.3) is 10.9 Å². The topological polar surface area (TPSA) is 29.9 Å². The number of hydrogen-bond donors (Lipinski definition) is 1. The second kappa shape index (κ2) is 7.08. The number of nitrogens with zero attached hydrogens (tertiary/aromatic N) is 2. The Kier molecular flexibility index (Phi) is 5.40. The van der Waals surface area contributed by atoms with E-state index in [2.05, 4.69) is 57.3 Å². The van der Waals surface area contributed by atoms with E-state index in [0.717, 1.165) is 13.0 Å². The van der Waals surface area contributed by atoms with Gasteiger partial charge in [-0.1, -0.05) is 39.0 Å². The molecule has 1 aromatic heterocycles. The van der Waals surface area contributed by atoms with Crippen LogP contribution in [0.5, 0.6) is 0 Å². The summed E-state index contributed by atoms with van der Waals surface area (Å²) in [6.07, 6.45) is 2.22. The van der Waals surface area contributed by atoms with Gasteiger partial charge in [0.15, 0.2) is 0 Å². The van der Waals surface area contributed by atoms with Crippen LogP contribution in [0.1, 0.15) is 39.8 Å². The van der Waals surface area contributed by atoms with E-state index in [4.69, 9.17) is 5.10 Å². The maximum Gasteiger partial charge on any atom is 0.0706 e. The van der Waals surface area contributed by atoms with Crippen molar-refractivity contribution in [3.63, 3.8) is 0 Å². The van der Waals surface area contributed by atoms with E-state index in [1.54, 1.807) is 0 Å². The van der Waals surface area contributed by atoms with Crippen molar-refractivity contribution in [3.05, 3.63) is 30.0 Å². The summed E-state index contributed by atoms with van der Waals surface area (Å²) in [7, 11) is 2.04. The molecule has 0 spiro atoms. The van der Waals surface area contributed by atoms with Crippen molar-refractivity contribution in [2.45, 2.75) is 46.6 Å². The lowest BCUT2D eigenvalue weighted by atomic mass is 9.84. The van der Waals surface area contributed by atoms with Crippen LogP contribution < -0.4 is 5.32 Å². The summed E-state index contributed by atoms with van der Waals surface area (Å²) in [5, 5.41) is 9.72. The first-order valence-corrected chi connectivity index (χ1v) is 8.18. The van der Waals surface area contributed by atoms with Gasteiger partial charge in [0.1, 0.15) is 0 Å². The van der Waals surface area contributed by atoms with Crippen molar-refractivity contribution < 1.29 is 0 Å². The number of para-hydroxylation sites is 1. The van der Waals surface area contributed by atoms with Crippen LogP contribution in [0, 0.1) is 11.8 Å². The van der Waals surface area contributed by atoms with Gasteiger partial charge in [-0.2, -0.15) is 5.10 Å². The third kappa shape index (κ3) is 3.65. The molecular formula is C18H29N3. The van der Waals surface area contributed by atoms with Crippen LogP contribution in [0.15, 0.2) is 24.3 Å². The zero-order chi connectivity index (χ0) is 15.4. The molecule has 3 heteroatoms. The van der Waals surface area contributed by atoms with E-state index < -0.39 is 0 Å². The quantitative estimate of drug-likeness (QED) is 0.840. The van der Waals surface area contributed by atoms with Crippen LogP contribution in [0.3, 0.4) is 0 Å². The molecular weight excluding hydrogens is 258 g/mol. The minimum Gasteiger partial charge on any atom is -0.314 e. The Morgan fingerprint density at radius 3 is 2.57 bits per heavy atom. The SMILES string of the molecule is CCCNC(C)C(Cc1nn(C)c2ccccc12)C(C)C. The average molecular weight is 287 g/mol. The van der Waals surface area contributed by atoms with Crippen LogP contribution >= 0.6 is 0 Å². The summed E-state index contributed by atoms with van der Waals surface area (Å²) < 4.78 is 2.01. The standard InChI is InChI=1S/C18H29N3/c1-6-11-19-14(4)16(13(2)3)12-17-15-9-7-8-10-18(15)21(5)20-17/h7-10,13-14,16,19H,6,11-12H2,1-5H3. The third-order valence-corrected chi connectivity index (χ3v) is 4.48. The molecule has 2 atom stereocenters. The van der Waals surface area contributed by atoms with Crippen LogP contribution in [-0.2, 0) is 13.5 Å². The second-order valence-electron chi connectivity index (χ2n) is 6.44. The van der Waals surface area contributed by atoms with Gasteiger partial charge in [0, 0.05) is 18.5 Å². The summed E-state index contributed by atoms with van der Waals surface area (Å²) in [6.45, 7) is 10.3. The minimum atomic E-state index is 0.519. The Balaban J connectivity index is 2.23. The number of benzene rings is 1. The molecule has 21 heavy (non-hydrogen) atoms. The lowest BCUT2D eigenvalue weighted by molar-refractivity contribution is 0.287. The van der Waals surface area contributed by atoms with Crippen molar-refractivity contribution in [1.82, 2.24) is 15.1 Å². The fourth-order valence-corrected chi connectivity index (χ4v) is 3.18. The number of fused-ring (bicyclic) bond motifs is 1. The Hall–Kier alpha value is -1.35. The van der Waals surface area contributed by atoms with Crippen LogP contribution in [0.2, 0.25) is 0 Å². The molecule has 2 aromatic rings. The molecule has 0 aliphatic heterocycles. The fourth-order valence-electron chi connectivity index (χ4n) is 3.18. The number of hydrogen-bond acceptors (Lipinski definition) is 2. The summed E-state index contributed by atoms with van der Waals surface area (Å²) in [5.41, 5.74) is 2.46. The molecule has 0 amide bonds. The van der Waals surface area contributed by atoms with Gasteiger partial charge in [0.25, 0.3) is 0 Å². The molecule has 0 bridgehead atoms. The van der Waals surface area contributed by atoms with Gasteiger partial charge in [-0.3, -0.25) is 4.68 Å². The molecule has 2 unspecified atom stereocenters. The monoisotopic (exact) mass is 287 g/mol. The van der Waals surface area contributed by atoms with Gasteiger partial charge < -0.3 is 5.32 Å². The summed E-state index contributed by atoms with van der Waals surface area (Å²) >= 11 is 0. The molecule has 1 heterocycles. The lowest BCUT2D eigenvalue weighted by Crippen LogP contribution is -2.37. The van der Waals surface area contributed by atoms with Gasteiger partial charge in [-0.25, -0.2) is 0 Å². The maximum atomic E-state index is 4.76. The molecule has 0 saturated carbocycles. The minimum absolute atomic E-state index is 0.519. The highest BCUT2D eigenvalue weighted by Crippen LogP contribution is 2.25. The van der Waals surface area contributed by atoms with E-state index in [0.29, 0.717) is 17.9 Å². The van der Waals surface area contributed by atoms with E-state index in [9.17, 15) is 0 Å². The molecule has 0 fully saturated rings. The van der Waals surface area contributed by atoms with E-state index in [1.165, 1.54) is 23.0 Å². The molecule has 1 N–H and O–H groups in total. The first kappa shape index (κ1) is 16.0. The largest absolute Gasteiger partial charge is 0.314 e. The highest BCUT2D eigenvalue weighted by atomic mass is 15.3. The lowest BCUT2D eigenvalue weighted by Gasteiger charge is -2.28. The Bertz CT molecular complexity index is 571. The summed E-state index contributed by atoms with van der Waals surface area (Å²) in [4.78, 5) is 0. The zero-order valence-corrected chi connectivity index (χ0v) is 14.1.